The molecule has 4 nitrogen and oxygen atoms in total. The van der Waals surface area contributed by atoms with Gasteiger partial charge in [0.15, 0.2) is 4.87 Å². The zero-order chi connectivity index (χ0) is 22.5. The van der Waals surface area contributed by atoms with Gasteiger partial charge >= 0.3 is 0 Å². The van der Waals surface area contributed by atoms with Crippen LogP contribution in [-0.2, 0) is 16.2 Å². The number of amides is 2. The lowest BCUT2D eigenvalue weighted by atomic mass is 10.0. The van der Waals surface area contributed by atoms with Crippen LogP contribution in [-0.4, -0.2) is 29.0 Å². The van der Waals surface area contributed by atoms with Crippen LogP contribution in [0.5, 0.6) is 0 Å². The van der Waals surface area contributed by atoms with Gasteiger partial charge in [0.1, 0.15) is 11.6 Å². The SMILES string of the molecule is Cc1cccc(CN2C(=O)[C@]3(SCCN3C(=O)c3ccccc3F)c3cc(F)ccc32)c1. The molecule has 3 aromatic carbocycles. The van der Waals surface area contributed by atoms with Crippen molar-refractivity contribution in [3.05, 3.63) is 101 Å². The number of hydrogen-bond donors (Lipinski definition) is 0. The zero-order valence-electron chi connectivity index (χ0n) is 17.3. The lowest BCUT2D eigenvalue weighted by Crippen LogP contribution is -2.50. The molecule has 2 amide bonds. The van der Waals surface area contributed by atoms with Crippen molar-refractivity contribution in [2.45, 2.75) is 18.3 Å². The van der Waals surface area contributed by atoms with E-state index in [0.717, 1.165) is 11.1 Å². The highest BCUT2D eigenvalue weighted by Gasteiger charge is 2.59. The van der Waals surface area contributed by atoms with Crippen molar-refractivity contribution >= 4 is 29.3 Å². The molecule has 5 rings (SSSR count). The molecule has 0 bridgehead atoms. The molecule has 32 heavy (non-hydrogen) atoms. The van der Waals surface area contributed by atoms with E-state index in [4.69, 9.17) is 0 Å². The van der Waals surface area contributed by atoms with E-state index in [1.165, 1.54) is 47.0 Å². The predicted octanol–water partition coefficient (Wildman–Crippen LogP) is 4.86. The molecule has 162 valence electrons. The normalized spacial score (nSPS) is 19.7. The van der Waals surface area contributed by atoms with Gasteiger partial charge in [-0.15, -0.1) is 11.8 Å². The number of carbonyl (C=O) groups is 2. The van der Waals surface area contributed by atoms with Gasteiger partial charge < -0.3 is 9.80 Å². The van der Waals surface area contributed by atoms with Crippen LogP contribution in [0.1, 0.15) is 27.0 Å². The molecule has 2 aliphatic heterocycles. The number of nitrogens with zero attached hydrogens (tertiary/aromatic N) is 2. The summed E-state index contributed by atoms with van der Waals surface area (Å²) in [5.74, 6) is -1.54. The standard InChI is InChI=1S/C25H20F2N2O2S/c1-16-5-4-6-17(13-16)15-28-22-10-9-18(26)14-20(22)25(24(28)31)29(11-12-32-25)23(30)19-7-2-3-8-21(19)27/h2-10,13-14H,11-12,15H2,1H3/t25-/m1/s1. The average molecular weight is 451 g/mol. The third-order valence-electron chi connectivity index (χ3n) is 5.93. The molecule has 0 aromatic heterocycles. The van der Waals surface area contributed by atoms with Gasteiger partial charge in [0.25, 0.3) is 11.8 Å². The van der Waals surface area contributed by atoms with Crippen molar-refractivity contribution in [3.8, 4) is 0 Å². The van der Waals surface area contributed by atoms with E-state index in [1.54, 1.807) is 17.0 Å². The highest BCUT2D eigenvalue weighted by atomic mass is 32.2. The van der Waals surface area contributed by atoms with Crippen LogP contribution in [0.3, 0.4) is 0 Å². The Morgan fingerprint density at radius 3 is 2.66 bits per heavy atom. The summed E-state index contributed by atoms with van der Waals surface area (Å²) in [5, 5.41) is 0. The molecule has 0 radical (unpaired) electrons. The Hall–Kier alpha value is -3.19. The predicted molar refractivity (Wildman–Crippen MR) is 120 cm³/mol. The highest BCUT2D eigenvalue weighted by molar-refractivity contribution is 8.01. The summed E-state index contributed by atoms with van der Waals surface area (Å²) in [4.78, 5) is 28.9. The first-order chi connectivity index (χ1) is 15.4. The average Bonchev–Trinajstić information content (AvgIpc) is 3.31. The number of halogens is 2. The molecular formula is C25H20F2N2O2S. The van der Waals surface area contributed by atoms with E-state index in [1.807, 2.05) is 31.2 Å². The summed E-state index contributed by atoms with van der Waals surface area (Å²) in [6.07, 6.45) is 0. The maximum Gasteiger partial charge on any atom is 0.268 e. The number of fused-ring (bicyclic) bond motifs is 2. The number of benzene rings is 3. The summed E-state index contributed by atoms with van der Waals surface area (Å²) >= 11 is 1.29. The quantitative estimate of drug-likeness (QED) is 0.572. The minimum absolute atomic E-state index is 0.0998. The van der Waals surface area contributed by atoms with Gasteiger partial charge in [0, 0.05) is 17.9 Å². The van der Waals surface area contributed by atoms with E-state index >= 15 is 0 Å². The number of thioether (sulfide) groups is 1. The highest BCUT2D eigenvalue weighted by Crippen LogP contribution is 2.55. The van der Waals surface area contributed by atoms with Crippen LogP contribution in [0.15, 0.2) is 66.7 Å². The topological polar surface area (TPSA) is 40.6 Å². The van der Waals surface area contributed by atoms with Crippen molar-refractivity contribution in [3.63, 3.8) is 0 Å². The third kappa shape index (κ3) is 3.11. The monoisotopic (exact) mass is 450 g/mol. The van der Waals surface area contributed by atoms with Gasteiger partial charge in [0.2, 0.25) is 0 Å². The Labute approximate surface area is 188 Å². The van der Waals surface area contributed by atoms with Crippen LogP contribution in [0.25, 0.3) is 0 Å². The Balaban J connectivity index is 1.61. The maximum absolute atomic E-state index is 14.4. The lowest BCUT2D eigenvalue weighted by molar-refractivity contribution is -0.123. The van der Waals surface area contributed by atoms with Gasteiger partial charge in [-0.1, -0.05) is 42.0 Å². The number of aryl methyl sites for hydroxylation is 1. The van der Waals surface area contributed by atoms with Gasteiger partial charge in [-0.3, -0.25) is 9.59 Å². The fraction of sp³-hybridized carbons (Fsp3) is 0.200. The lowest BCUT2D eigenvalue weighted by Gasteiger charge is -2.33. The molecule has 1 atom stereocenters. The van der Waals surface area contributed by atoms with Crippen molar-refractivity contribution in [1.29, 1.82) is 0 Å². The molecule has 1 spiro atoms. The zero-order valence-corrected chi connectivity index (χ0v) is 18.2. The molecular weight excluding hydrogens is 430 g/mol. The number of carbonyl (C=O) groups excluding carboxylic acids is 2. The molecule has 1 fully saturated rings. The van der Waals surface area contributed by atoms with E-state index in [2.05, 4.69) is 0 Å². The molecule has 0 aliphatic carbocycles. The fourth-order valence-electron chi connectivity index (χ4n) is 4.52. The van der Waals surface area contributed by atoms with Crippen LogP contribution >= 0.6 is 11.8 Å². The molecule has 1 saturated heterocycles. The summed E-state index contributed by atoms with van der Waals surface area (Å²) in [5.41, 5.74) is 2.90. The van der Waals surface area contributed by atoms with Crippen molar-refractivity contribution in [2.24, 2.45) is 0 Å². The third-order valence-corrected chi connectivity index (χ3v) is 7.35. The Morgan fingerprint density at radius 1 is 1.06 bits per heavy atom. The number of rotatable bonds is 3. The first kappa shape index (κ1) is 20.7. The summed E-state index contributed by atoms with van der Waals surface area (Å²) < 4.78 is 28.8. The largest absolute Gasteiger partial charge is 0.311 e. The van der Waals surface area contributed by atoms with E-state index < -0.39 is 22.4 Å². The van der Waals surface area contributed by atoms with Crippen LogP contribution < -0.4 is 4.90 Å². The summed E-state index contributed by atoms with van der Waals surface area (Å²) in [7, 11) is 0. The van der Waals surface area contributed by atoms with Crippen molar-refractivity contribution in [1.82, 2.24) is 4.90 Å². The van der Waals surface area contributed by atoms with E-state index in [0.29, 0.717) is 23.5 Å². The molecule has 0 unspecified atom stereocenters. The minimum Gasteiger partial charge on any atom is -0.311 e. The van der Waals surface area contributed by atoms with Gasteiger partial charge in [-0.2, -0.15) is 0 Å². The molecule has 3 aromatic rings. The van der Waals surface area contributed by atoms with Crippen molar-refractivity contribution in [2.75, 3.05) is 17.2 Å². The second kappa shape index (κ2) is 7.74. The molecule has 7 heteroatoms. The first-order valence-electron chi connectivity index (χ1n) is 10.3. The second-order valence-electron chi connectivity index (χ2n) is 7.97. The Bertz CT molecular complexity index is 1250. The van der Waals surface area contributed by atoms with Gasteiger partial charge in [-0.05, 0) is 42.8 Å². The maximum atomic E-state index is 14.4. The Morgan fingerprint density at radius 2 is 1.88 bits per heavy atom. The summed E-state index contributed by atoms with van der Waals surface area (Å²) in [6, 6.07) is 17.8. The molecule has 0 N–H and O–H groups in total. The smallest absolute Gasteiger partial charge is 0.268 e. The second-order valence-corrected chi connectivity index (χ2v) is 9.26. The van der Waals surface area contributed by atoms with Gasteiger partial charge in [0.05, 0.1) is 17.8 Å². The first-order valence-corrected chi connectivity index (χ1v) is 11.3. The van der Waals surface area contributed by atoms with E-state index in [9.17, 15) is 18.4 Å². The van der Waals surface area contributed by atoms with Crippen LogP contribution in [0, 0.1) is 18.6 Å². The van der Waals surface area contributed by atoms with Gasteiger partial charge in [-0.25, -0.2) is 8.78 Å². The molecule has 2 heterocycles. The van der Waals surface area contributed by atoms with Crippen LogP contribution in [0.2, 0.25) is 0 Å². The van der Waals surface area contributed by atoms with E-state index in [-0.39, 0.29) is 18.0 Å². The fourth-order valence-corrected chi connectivity index (χ4v) is 5.97. The van der Waals surface area contributed by atoms with Crippen LogP contribution in [0.4, 0.5) is 14.5 Å². The van der Waals surface area contributed by atoms with Crippen molar-refractivity contribution < 1.29 is 18.4 Å². The minimum atomic E-state index is -1.42. The Kier molecular flexibility index (Phi) is 5.01. The molecule has 2 aliphatic rings. The number of hydrogen-bond acceptors (Lipinski definition) is 3. The molecule has 0 saturated carbocycles. The summed E-state index contributed by atoms with van der Waals surface area (Å²) in [6.45, 7) is 2.53. The number of anilines is 1.